The molecule has 1 aromatic heterocycles. The van der Waals surface area contributed by atoms with Crippen LogP contribution in [0.15, 0.2) is 23.2 Å². The second-order valence-electron chi connectivity index (χ2n) is 7.12. The van der Waals surface area contributed by atoms with E-state index in [-0.39, 0.29) is 0 Å². The van der Waals surface area contributed by atoms with E-state index in [4.69, 9.17) is 4.74 Å². The van der Waals surface area contributed by atoms with Gasteiger partial charge in [-0.1, -0.05) is 0 Å². The molecule has 1 saturated heterocycles. The molecule has 4 rings (SSSR count). The van der Waals surface area contributed by atoms with Crippen molar-refractivity contribution in [2.75, 3.05) is 58.5 Å². The van der Waals surface area contributed by atoms with E-state index in [1.54, 1.807) is 0 Å². The molecular formula is C19H28N8O. The monoisotopic (exact) mass is 384 g/mol. The molecule has 0 saturated carbocycles. The minimum absolute atomic E-state index is 0.549. The summed E-state index contributed by atoms with van der Waals surface area (Å²) in [6.45, 7) is 10.2. The van der Waals surface area contributed by atoms with Crippen LogP contribution in [0.4, 0.5) is 5.95 Å². The highest BCUT2D eigenvalue weighted by Crippen LogP contribution is 2.23. The summed E-state index contributed by atoms with van der Waals surface area (Å²) in [6.07, 6.45) is 0. The minimum atomic E-state index is 0.549. The van der Waals surface area contributed by atoms with E-state index in [1.807, 2.05) is 32.0 Å². The molecule has 0 atom stereocenters. The Kier molecular flexibility index (Phi) is 5.56. The van der Waals surface area contributed by atoms with Gasteiger partial charge in [0.25, 0.3) is 0 Å². The predicted octanol–water partition coefficient (Wildman–Crippen LogP) is 1.09. The lowest BCUT2D eigenvalue weighted by Gasteiger charge is -2.40. The molecule has 150 valence electrons. The molecule has 0 bridgehead atoms. The van der Waals surface area contributed by atoms with Crippen LogP contribution in [0.25, 0.3) is 10.9 Å². The molecule has 1 fully saturated rings. The largest absolute Gasteiger partial charge is 0.494 e. The summed E-state index contributed by atoms with van der Waals surface area (Å²) in [4.78, 5) is 16.2. The van der Waals surface area contributed by atoms with Crippen LogP contribution in [-0.4, -0.2) is 84.0 Å². The van der Waals surface area contributed by atoms with Gasteiger partial charge in [0.1, 0.15) is 12.4 Å². The second kappa shape index (κ2) is 8.26. The summed E-state index contributed by atoms with van der Waals surface area (Å²) in [7, 11) is 2.16. The Labute approximate surface area is 165 Å². The number of benzene rings is 1. The van der Waals surface area contributed by atoms with Crippen LogP contribution < -0.4 is 15.4 Å². The Hall–Kier alpha value is -2.49. The summed E-state index contributed by atoms with van der Waals surface area (Å²) in [6, 6.07) is 5.89. The highest BCUT2D eigenvalue weighted by Gasteiger charge is 2.22. The average molecular weight is 384 g/mol. The Morgan fingerprint density at radius 3 is 2.68 bits per heavy atom. The normalized spacial score (nSPS) is 19.3. The summed E-state index contributed by atoms with van der Waals surface area (Å²) in [5.74, 6) is 2.09. The van der Waals surface area contributed by atoms with Crippen molar-refractivity contribution in [1.29, 1.82) is 0 Å². The van der Waals surface area contributed by atoms with Crippen molar-refractivity contribution in [2.24, 2.45) is 4.99 Å². The molecular weight excluding hydrogens is 356 g/mol. The van der Waals surface area contributed by atoms with Gasteiger partial charge in [-0.15, -0.1) is 0 Å². The van der Waals surface area contributed by atoms with Crippen molar-refractivity contribution >= 4 is 22.8 Å². The number of hydrazine groups is 1. The number of aryl methyl sites for hydroxylation is 1. The van der Waals surface area contributed by atoms with Crippen LogP contribution >= 0.6 is 0 Å². The fourth-order valence-corrected chi connectivity index (χ4v) is 3.46. The van der Waals surface area contributed by atoms with Crippen molar-refractivity contribution < 1.29 is 4.74 Å². The zero-order valence-corrected chi connectivity index (χ0v) is 16.8. The van der Waals surface area contributed by atoms with Crippen LogP contribution in [0.5, 0.6) is 5.75 Å². The first-order valence-corrected chi connectivity index (χ1v) is 9.77. The van der Waals surface area contributed by atoms with E-state index >= 15 is 0 Å². The molecule has 0 radical (unpaired) electrons. The van der Waals surface area contributed by atoms with Crippen LogP contribution in [0.2, 0.25) is 0 Å². The second-order valence-corrected chi connectivity index (χ2v) is 7.12. The number of nitrogens with one attached hydrogen (secondary N) is 2. The maximum atomic E-state index is 5.58. The fraction of sp³-hybridized carbons (Fsp3) is 0.526. The standard InChI is InChI=1S/C19H28N8O/c1-4-28-15-5-6-17-16(11-15)14(2)22-19(23-17)24-18-20-12-27(13-21-18)26-9-7-25(3)8-10-26/h5-6,11H,4,7-10,12-13H2,1-3H3,(H2,20,21,22,23,24). The van der Waals surface area contributed by atoms with Gasteiger partial charge in [0, 0.05) is 31.6 Å². The summed E-state index contributed by atoms with van der Waals surface area (Å²) >= 11 is 0. The number of ether oxygens (including phenoxy) is 1. The molecule has 0 aliphatic carbocycles. The Balaban J connectivity index is 1.43. The first kappa shape index (κ1) is 18.9. The van der Waals surface area contributed by atoms with E-state index in [0.717, 1.165) is 55.2 Å². The predicted molar refractivity (Wildman–Crippen MR) is 110 cm³/mol. The number of piperazine rings is 1. The number of nitrogens with zero attached hydrogens (tertiary/aromatic N) is 6. The van der Waals surface area contributed by atoms with Crippen LogP contribution in [0, 0.1) is 6.92 Å². The topological polar surface area (TPSA) is 81.2 Å². The minimum Gasteiger partial charge on any atom is -0.494 e. The number of hydrogen-bond donors (Lipinski definition) is 2. The smallest absolute Gasteiger partial charge is 0.230 e. The third-order valence-electron chi connectivity index (χ3n) is 5.10. The van der Waals surface area contributed by atoms with Gasteiger partial charge >= 0.3 is 0 Å². The average Bonchev–Trinajstić information content (AvgIpc) is 2.70. The molecule has 1 aromatic carbocycles. The van der Waals surface area contributed by atoms with Crippen molar-refractivity contribution in [3.63, 3.8) is 0 Å². The number of anilines is 1. The highest BCUT2D eigenvalue weighted by molar-refractivity contribution is 5.93. The first-order chi connectivity index (χ1) is 13.6. The van der Waals surface area contributed by atoms with Gasteiger partial charge in [-0.05, 0) is 39.1 Å². The van der Waals surface area contributed by atoms with Gasteiger partial charge < -0.3 is 15.0 Å². The molecule has 0 spiro atoms. The number of hydrogen-bond acceptors (Lipinski definition) is 9. The summed E-state index contributed by atoms with van der Waals surface area (Å²) < 4.78 is 5.58. The number of guanidine groups is 1. The number of rotatable bonds is 4. The van der Waals surface area contributed by atoms with E-state index in [0.29, 0.717) is 25.2 Å². The van der Waals surface area contributed by atoms with E-state index in [9.17, 15) is 0 Å². The highest BCUT2D eigenvalue weighted by atomic mass is 16.5. The van der Waals surface area contributed by atoms with Gasteiger partial charge in [-0.25, -0.2) is 25.0 Å². The maximum Gasteiger partial charge on any atom is 0.230 e. The van der Waals surface area contributed by atoms with Gasteiger partial charge in [0.05, 0.1) is 24.5 Å². The molecule has 2 aromatic rings. The van der Waals surface area contributed by atoms with E-state index < -0.39 is 0 Å². The van der Waals surface area contributed by atoms with Gasteiger partial charge in [0.15, 0.2) is 0 Å². The quantitative estimate of drug-likeness (QED) is 0.811. The number of likely N-dealkylation sites (N-methyl/N-ethyl adjacent to an activating group) is 1. The molecule has 9 nitrogen and oxygen atoms in total. The zero-order chi connectivity index (χ0) is 19.5. The Morgan fingerprint density at radius 2 is 1.96 bits per heavy atom. The van der Waals surface area contributed by atoms with E-state index in [1.165, 1.54) is 0 Å². The molecule has 2 aliphatic rings. The first-order valence-electron chi connectivity index (χ1n) is 9.77. The molecule has 28 heavy (non-hydrogen) atoms. The number of fused-ring (bicyclic) bond motifs is 1. The molecule has 2 N–H and O–H groups in total. The molecule has 0 amide bonds. The van der Waals surface area contributed by atoms with Crippen molar-refractivity contribution in [1.82, 2.24) is 30.2 Å². The van der Waals surface area contributed by atoms with Crippen LogP contribution in [-0.2, 0) is 0 Å². The van der Waals surface area contributed by atoms with Crippen molar-refractivity contribution in [2.45, 2.75) is 13.8 Å². The summed E-state index contributed by atoms with van der Waals surface area (Å²) in [5.41, 5.74) is 1.79. The third kappa shape index (κ3) is 4.16. The Bertz CT molecular complexity index is 862. The number of aromatic nitrogens is 2. The van der Waals surface area contributed by atoms with Crippen LogP contribution in [0.1, 0.15) is 12.6 Å². The summed E-state index contributed by atoms with van der Waals surface area (Å²) in [5, 5.41) is 12.1. The number of aliphatic imine (C=N–C) groups is 1. The lowest BCUT2D eigenvalue weighted by atomic mass is 10.2. The third-order valence-corrected chi connectivity index (χ3v) is 5.10. The van der Waals surface area contributed by atoms with Gasteiger partial charge in [-0.3, -0.25) is 5.32 Å². The van der Waals surface area contributed by atoms with E-state index in [2.05, 4.69) is 47.6 Å². The Morgan fingerprint density at radius 1 is 1.14 bits per heavy atom. The maximum absolute atomic E-state index is 5.58. The fourth-order valence-electron chi connectivity index (χ4n) is 3.46. The lowest BCUT2D eigenvalue weighted by molar-refractivity contribution is -0.0567. The molecule has 0 unspecified atom stereocenters. The van der Waals surface area contributed by atoms with Crippen molar-refractivity contribution in [3.8, 4) is 5.75 Å². The zero-order valence-electron chi connectivity index (χ0n) is 16.8. The molecule has 9 heteroatoms. The van der Waals surface area contributed by atoms with Crippen LogP contribution in [0.3, 0.4) is 0 Å². The van der Waals surface area contributed by atoms with Crippen molar-refractivity contribution in [3.05, 3.63) is 23.9 Å². The van der Waals surface area contributed by atoms with Gasteiger partial charge in [0.2, 0.25) is 11.9 Å². The lowest BCUT2D eigenvalue weighted by Crippen LogP contribution is -2.58. The molecule has 2 aliphatic heterocycles. The molecule has 3 heterocycles. The SMILES string of the molecule is CCOc1ccc2nc(NC3=NCN(N4CCN(C)CC4)CN3)nc(C)c2c1. The van der Waals surface area contributed by atoms with Gasteiger partial charge in [-0.2, -0.15) is 0 Å².